The summed E-state index contributed by atoms with van der Waals surface area (Å²) in [4.78, 5) is 0.191. The van der Waals surface area contributed by atoms with Gasteiger partial charge in [-0.1, -0.05) is 17.7 Å². The predicted octanol–water partition coefficient (Wildman–Crippen LogP) is 2.19. The Bertz CT molecular complexity index is 437. The molecular weight excluding hydrogens is 200 g/mol. The molecule has 0 heterocycles. The molecule has 1 N–H and O–H groups in total. The van der Waals surface area contributed by atoms with Crippen LogP contribution in [0.1, 0.15) is 12.5 Å². The van der Waals surface area contributed by atoms with Gasteiger partial charge in [0.1, 0.15) is 5.76 Å². The van der Waals surface area contributed by atoms with Crippen LogP contribution in [-0.2, 0) is 9.84 Å². The zero-order chi connectivity index (χ0) is 10.8. The van der Waals surface area contributed by atoms with Crippen LogP contribution in [0, 0.1) is 6.92 Å². The molecule has 4 heteroatoms. The minimum absolute atomic E-state index is 0.191. The SMILES string of the molecule is C/C(O)=C/S(=O)(=O)c1ccc(C)cc1. The van der Waals surface area contributed by atoms with Crippen LogP contribution in [0.4, 0.5) is 0 Å². The summed E-state index contributed by atoms with van der Waals surface area (Å²) < 4.78 is 23.0. The zero-order valence-corrected chi connectivity index (χ0v) is 8.88. The number of rotatable bonds is 2. The smallest absolute Gasteiger partial charge is 0.203 e. The van der Waals surface area contributed by atoms with Gasteiger partial charge in [-0.15, -0.1) is 0 Å². The van der Waals surface area contributed by atoms with Gasteiger partial charge in [0.25, 0.3) is 0 Å². The number of aryl methyl sites for hydroxylation is 1. The lowest BCUT2D eigenvalue weighted by atomic mass is 10.2. The molecule has 0 fully saturated rings. The third-order valence-electron chi connectivity index (χ3n) is 1.68. The Morgan fingerprint density at radius 3 is 2.21 bits per heavy atom. The number of hydrogen-bond donors (Lipinski definition) is 1. The van der Waals surface area contributed by atoms with Gasteiger partial charge in [-0.3, -0.25) is 0 Å². The minimum Gasteiger partial charge on any atom is -0.512 e. The topological polar surface area (TPSA) is 54.4 Å². The summed E-state index contributed by atoms with van der Waals surface area (Å²) in [6, 6.07) is 6.47. The maximum atomic E-state index is 11.5. The van der Waals surface area contributed by atoms with Crippen molar-refractivity contribution >= 4 is 9.84 Å². The van der Waals surface area contributed by atoms with E-state index in [4.69, 9.17) is 5.11 Å². The number of aliphatic hydroxyl groups excluding tert-OH is 1. The van der Waals surface area contributed by atoms with Crippen LogP contribution in [0.2, 0.25) is 0 Å². The number of allylic oxidation sites excluding steroid dienone is 1. The van der Waals surface area contributed by atoms with Gasteiger partial charge in [0.05, 0.1) is 10.3 Å². The average Bonchev–Trinajstić information content (AvgIpc) is 2.02. The number of hydrogen-bond acceptors (Lipinski definition) is 3. The molecular formula is C10H12O3S. The molecule has 0 aromatic heterocycles. The molecule has 0 saturated heterocycles. The van der Waals surface area contributed by atoms with Crippen molar-refractivity contribution in [2.24, 2.45) is 0 Å². The molecule has 0 saturated carbocycles. The van der Waals surface area contributed by atoms with Crippen LogP contribution in [0.5, 0.6) is 0 Å². The quantitative estimate of drug-likeness (QED) is 0.764. The minimum atomic E-state index is -3.49. The summed E-state index contributed by atoms with van der Waals surface area (Å²) in [7, 11) is -3.49. The van der Waals surface area contributed by atoms with Crippen LogP contribution in [0.15, 0.2) is 40.3 Å². The molecule has 1 aromatic carbocycles. The van der Waals surface area contributed by atoms with Crippen LogP contribution in [-0.4, -0.2) is 13.5 Å². The second kappa shape index (κ2) is 3.84. The van der Waals surface area contributed by atoms with E-state index in [0.717, 1.165) is 11.0 Å². The van der Waals surface area contributed by atoms with Crippen molar-refractivity contribution < 1.29 is 13.5 Å². The Balaban J connectivity index is 3.18. The molecule has 0 atom stereocenters. The average molecular weight is 212 g/mol. The molecule has 0 aliphatic heterocycles. The summed E-state index contributed by atoms with van der Waals surface area (Å²) in [6.07, 6.45) is 0. The lowest BCUT2D eigenvalue weighted by Gasteiger charge is -1.99. The van der Waals surface area contributed by atoms with E-state index in [2.05, 4.69) is 0 Å². The van der Waals surface area contributed by atoms with Gasteiger partial charge >= 0.3 is 0 Å². The first-order valence-corrected chi connectivity index (χ1v) is 5.65. The molecule has 0 amide bonds. The summed E-state index contributed by atoms with van der Waals surface area (Å²) in [5.41, 5.74) is 0.994. The van der Waals surface area contributed by atoms with Crippen molar-refractivity contribution in [2.45, 2.75) is 18.7 Å². The van der Waals surface area contributed by atoms with Gasteiger partial charge in [0.2, 0.25) is 9.84 Å². The first kappa shape index (κ1) is 10.8. The lowest BCUT2D eigenvalue weighted by Crippen LogP contribution is -1.97. The fourth-order valence-corrected chi connectivity index (χ4v) is 2.12. The highest BCUT2D eigenvalue weighted by atomic mass is 32.2. The fraction of sp³-hybridized carbons (Fsp3) is 0.200. The van der Waals surface area contributed by atoms with Crippen LogP contribution in [0.25, 0.3) is 0 Å². The summed E-state index contributed by atoms with van der Waals surface area (Å²) >= 11 is 0. The number of sulfone groups is 1. The molecule has 0 spiro atoms. The maximum absolute atomic E-state index is 11.5. The Kier molecular flexibility index (Phi) is 2.96. The van der Waals surface area contributed by atoms with Gasteiger partial charge in [-0.25, -0.2) is 8.42 Å². The van der Waals surface area contributed by atoms with Gasteiger partial charge in [0.15, 0.2) is 0 Å². The second-order valence-electron chi connectivity index (χ2n) is 3.12. The largest absolute Gasteiger partial charge is 0.512 e. The molecule has 76 valence electrons. The second-order valence-corrected chi connectivity index (χ2v) is 4.91. The standard InChI is InChI=1S/C10H12O3S/c1-8-3-5-10(6-4-8)14(12,13)7-9(2)11/h3-7,11H,1-2H3/b9-7-. The molecule has 1 rings (SSSR count). The zero-order valence-electron chi connectivity index (χ0n) is 8.06. The van der Waals surface area contributed by atoms with E-state index in [-0.39, 0.29) is 10.7 Å². The molecule has 0 radical (unpaired) electrons. The molecule has 0 aliphatic rings. The molecule has 0 aliphatic carbocycles. The normalized spacial score (nSPS) is 12.9. The molecule has 0 bridgehead atoms. The first-order valence-electron chi connectivity index (χ1n) is 4.11. The Morgan fingerprint density at radius 2 is 1.79 bits per heavy atom. The number of aliphatic hydroxyl groups is 1. The van der Waals surface area contributed by atoms with Gasteiger partial charge in [0, 0.05) is 0 Å². The maximum Gasteiger partial charge on any atom is 0.203 e. The molecule has 14 heavy (non-hydrogen) atoms. The Hall–Kier alpha value is -1.29. The van der Waals surface area contributed by atoms with E-state index < -0.39 is 9.84 Å². The van der Waals surface area contributed by atoms with Crippen molar-refractivity contribution in [3.05, 3.63) is 41.0 Å². The molecule has 0 unspecified atom stereocenters. The van der Waals surface area contributed by atoms with Crippen molar-refractivity contribution in [3.63, 3.8) is 0 Å². The summed E-state index contributed by atoms with van der Waals surface area (Å²) in [5.74, 6) is -0.217. The van der Waals surface area contributed by atoms with E-state index in [0.29, 0.717) is 0 Å². The van der Waals surface area contributed by atoms with Crippen LogP contribution in [0.3, 0.4) is 0 Å². The van der Waals surface area contributed by atoms with Crippen molar-refractivity contribution in [1.29, 1.82) is 0 Å². The first-order chi connectivity index (χ1) is 6.42. The molecule has 3 nitrogen and oxygen atoms in total. The molecule has 1 aromatic rings. The highest BCUT2D eigenvalue weighted by Crippen LogP contribution is 2.13. The van der Waals surface area contributed by atoms with Crippen molar-refractivity contribution in [1.82, 2.24) is 0 Å². The van der Waals surface area contributed by atoms with E-state index in [9.17, 15) is 8.42 Å². The number of benzene rings is 1. The van der Waals surface area contributed by atoms with E-state index >= 15 is 0 Å². The monoisotopic (exact) mass is 212 g/mol. The highest BCUT2D eigenvalue weighted by molar-refractivity contribution is 7.94. The Labute approximate surface area is 83.6 Å². The highest BCUT2D eigenvalue weighted by Gasteiger charge is 2.10. The fourth-order valence-electron chi connectivity index (χ4n) is 1.02. The van der Waals surface area contributed by atoms with Crippen molar-refractivity contribution in [2.75, 3.05) is 0 Å². The van der Waals surface area contributed by atoms with Crippen molar-refractivity contribution in [3.8, 4) is 0 Å². The van der Waals surface area contributed by atoms with Gasteiger partial charge < -0.3 is 5.11 Å². The predicted molar refractivity (Wildman–Crippen MR) is 54.8 cm³/mol. The third kappa shape index (κ3) is 2.60. The van der Waals surface area contributed by atoms with Crippen LogP contribution < -0.4 is 0 Å². The lowest BCUT2D eigenvalue weighted by molar-refractivity contribution is 0.415. The Morgan fingerprint density at radius 1 is 1.29 bits per heavy atom. The van der Waals surface area contributed by atoms with E-state index in [1.165, 1.54) is 19.1 Å². The summed E-state index contributed by atoms with van der Waals surface area (Å²) in [5, 5.41) is 9.73. The van der Waals surface area contributed by atoms with Gasteiger partial charge in [-0.05, 0) is 26.0 Å². The third-order valence-corrected chi connectivity index (χ3v) is 3.26. The van der Waals surface area contributed by atoms with Crippen LogP contribution >= 0.6 is 0 Å². The van der Waals surface area contributed by atoms with Gasteiger partial charge in [-0.2, -0.15) is 0 Å². The summed E-state index contributed by atoms with van der Waals surface area (Å²) in [6.45, 7) is 3.20. The van der Waals surface area contributed by atoms with E-state index in [1.54, 1.807) is 12.1 Å². The van der Waals surface area contributed by atoms with E-state index in [1.807, 2.05) is 6.92 Å².